The quantitative estimate of drug-likeness (QED) is 0.155. The van der Waals surface area contributed by atoms with Crippen LogP contribution in [0, 0.1) is 11.3 Å². The van der Waals surface area contributed by atoms with Gasteiger partial charge in [-0.05, 0) is 53.9 Å². The van der Waals surface area contributed by atoms with Gasteiger partial charge in [-0.1, -0.05) is 50.3 Å². The molecule has 3 aromatic rings. The Morgan fingerprint density at radius 3 is 1.71 bits per heavy atom. The summed E-state index contributed by atoms with van der Waals surface area (Å²) in [6, 6.07) is 17.6. The van der Waals surface area contributed by atoms with Crippen molar-refractivity contribution in [2.24, 2.45) is 11.3 Å². The molecule has 0 aromatic heterocycles. The van der Waals surface area contributed by atoms with Crippen LogP contribution in [0.2, 0.25) is 0 Å². The zero-order valence-corrected chi connectivity index (χ0v) is 29.2. The van der Waals surface area contributed by atoms with Gasteiger partial charge in [-0.3, -0.25) is 0 Å². The van der Waals surface area contributed by atoms with Crippen LogP contribution in [0.1, 0.15) is 61.8 Å². The number of rotatable bonds is 17. The molecule has 48 heavy (non-hydrogen) atoms. The molecule has 0 bridgehead atoms. The molecule has 0 heterocycles. The highest BCUT2D eigenvalue weighted by Gasteiger charge is 2.35. The SMILES string of the molecule is COc1cc(OCc2cccc(C3=CC=CC(COc4cc(OC)c(CNC5CC5)c(OC)c4)C3(C)C)c2)cc(OC)c1CNC1CC1. The number of nitrogens with one attached hydrogen (secondary N) is 2. The molecule has 256 valence electrons. The number of ether oxygens (including phenoxy) is 6. The molecule has 8 heteroatoms. The van der Waals surface area contributed by atoms with Crippen molar-refractivity contribution in [2.75, 3.05) is 35.0 Å². The van der Waals surface area contributed by atoms with Gasteiger partial charge >= 0.3 is 0 Å². The van der Waals surface area contributed by atoms with Gasteiger partial charge in [0.15, 0.2) is 0 Å². The fourth-order valence-corrected chi connectivity index (χ4v) is 6.36. The molecule has 0 radical (unpaired) electrons. The molecule has 0 aliphatic heterocycles. The lowest BCUT2D eigenvalue weighted by molar-refractivity contribution is 0.207. The lowest BCUT2D eigenvalue weighted by Crippen LogP contribution is -2.30. The minimum Gasteiger partial charge on any atom is -0.496 e. The summed E-state index contributed by atoms with van der Waals surface area (Å²) in [5.74, 6) is 4.67. The zero-order valence-electron chi connectivity index (χ0n) is 29.2. The number of methoxy groups -OCH3 is 4. The van der Waals surface area contributed by atoms with Crippen molar-refractivity contribution >= 4 is 5.57 Å². The van der Waals surface area contributed by atoms with Crippen molar-refractivity contribution in [2.45, 2.75) is 71.3 Å². The van der Waals surface area contributed by atoms with Crippen LogP contribution in [0.3, 0.4) is 0 Å². The van der Waals surface area contributed by atoms with Crippen LogP contribution >= 0.6 is 0 Å². The second-order valence-electron chi connectivity index (χ2n) is 13.5. The van der Waals surface area contributed by atoms with E-state index in [0.717, 1.165) is 45.4 Å². The molecular formula is C40H50N2O6. The number of allylic oxidation sites excluding steroid dienone is 3. The first-order valence-corrected chi connectivity index (χ1v) is 17.0. The van der Waals surface area contributed by atoms with Gasteiger partial charge in [-0.25, -0.2) is 0 Å². The first-order chi connectivity index (χ1) is 23.3. The molecule has 3 aromatic carbocycles. The molecule has 1 atom stereocenters. The summed E-state index contributed by atoms with van der Waals surface area (Å²) < 4.78 is 35.7. The highest BCUT2D eigenvalue weighted by atomic mass is 16.5. The van der Waals surface area contributed by atoms with E-state index in [-0.39, 0.29) is 11.3 Å². The Morgan fingerprint density at radius 2 is 1.21 bits per heavy atom. The molecule has 8 nitrogen and oxygen atoms in total. The molecule has 3 aliphatic rings. The van der Waals surface area contributed by atoms with Gasteiger partial charge in [-0.2, -0.15) is 0 Å². The number of hydrogen-bond donors (Lipinski definition) is 2. The van der Waals surface area contributed by atoms with Crippen molar-refractivity contribution in [1.29, 1.82) is 0 Å². The van der Waals surface area contributed by atoms with Gasteiger partial charge in [0.05, 0.1) is 46.2 Å². The maximum Gasteiger partial charge on any atom is 0.130 e. The van der Waals surface area contributed by atoms with Crippen molar-refractivity contribution in [3.8, 4) is 34.5 Å². The summed E-state index contributed by atoms with van der Waals surface area (Å²) in [5, 5.41) is 7.11. The van der Waals surface area contributed by atoms with Gasteiger partial charge in [0.2, 0.25) is 0 Å². The predicted molar refractivity (Wildman–Crippen MR) is 189 cm³/mol. The third-order valence-corrected chi connectivity index (χ3v) is 9.75. The molecule has 0 spiro atoms. The predicted octanol–water partition coefficient (Wildman–Crippen LogP) is 7.48. The van der Waals surface area contributed by atoms with Crippen molar-refractivity contribution in [1.82, 2.24) is 10.6 Å². The molecule has 6 rings (SSSR count). The Labute approximate surface area is 285 Å². The van der Waals surface area contributed by atoms with Gasteiger partial charge in [0, 0.05) is 55.4 Å². The first kappa shape index (κ1) is 33.7. The smallest absolute Gasteiger partial charge is 0.130 e. The van der Waals surface area contributed by atoms with Gasteiger partial charge in [-0.15, -0.1) is 0 Å². The third kappa shape index (κ3) is 7.93. The summed E-state index contributed by atoms with van der Waals surface area (Å²) in [7, 11) is 6.76. The molecule has 3 aliphatic carbocycles. The van der Waals surface area contributed by atoms with Crippen LogP contribution in [0.4, 0.5) is 0 Å². The van der Waals surface area contributed by atoms with Gasteiger partial charge in [0.25, 0.3) is 0 Å². The van der Waals surface area contributed by atoms with E-state index in [4.69, 9.17) is 28.4 Å². The monoisotopic (exact) mass is 654 g/mol. The normalized spacial score (nSPS) is 18.2. The van der Waals surface area contributed by atoms with Gasteiger partial charge < -0.3 is 39.1 Å². The van der Waals surface area contributed by atoms with Crippen molar-refractivity contribution in [3.05, 3.63) is 89.0 Å². The van der Waals surface area contributed by atoms with Crippen molar-refractivity contribution < 1.29 is 28.4 Å². The van der Waals surface area contributed by atoms with Crippen LogP contribution in [-0.2, 0) is 19.7 Å². The lowest BCUT2D eigenvalue weighted by atomic mass is 9.68. The van der Waals surface area contributed by atoms with Gasteiger partial charge in [0.1, 0.15) is 41.1 Å². The van der Waals surface area contributed by atoms with E-state index in [1.165, 1.54) is 36.8 Å². The Balaban J connectivity index is 1.12. The van der Waals surface area contributed by atoms with Crippen LogP contribution in [0.15, 0.2) is 66.8 Å². The van der Waals surface area contributed by atoms with Crippen molar-refractivity contribution in [3.63, 3.8) is 0 Å². The standard InChI is InChI=1S/C40H50N2O6/c1-40(2)28(25-48-32-20-38(45-5)34(39(21-32)46-6)23-42-30-15-16-30)11-8-12-35(40)27-10-7-9-26(17-27)24-47-31-18-36(43-3)33(37(19-31)44-4)22-41-29-13-14-29/h7-12,17-21,28-30,41-42H,13-16,22-25H2,1-6H3. The fourth-order valence-electron chi connectivity index (χ4n) is 6.36. The Morgan fingerprint density at radius 1 is 0.688 bits per heavy atom. The summed E-state index contributed by atoms with van der Waals surface area (Å²) in [5.41, 5.74) is 5.36. The van der Waals surface area contributed by atoms with E-state index in [1.807, 2.05) is 24.3 Å². The second-order valence-corrected chi connectivity index (χ2v) is 13.5. The highest BCUT2D eigenvalue weighted by Crippen LogP contribution is 2.45. The summed E-state index contributed by atoms with van der Waals surface area (Å²) in [6.45, 7) is 6.92. The van der Waals surface area contributed by atoms with E-state index in [9.17, 15) is 0 Å². The third-order valence-electron chi connectivity index (χ3n) is 9.75. The molecule has 0 saturated heterocycles. The number of benzene rings is 3. The first-order valence-electron chi connectivity index (χ1n) is 17.0. The Bertz CT molecular complexity index is 1590. The minimum absolute atomic E-state index is 0.151. The molecular weight excluding hydrogens is 604 g/mol. The van der Waals surface area contributed by atoms with Crippen LogP contribution in [0.5, 0.6) is 34.5 Å². The molecule has 2 N–H and O–H groups in total. The van der Waals surface area contributed by atoms with E-state index in [1.54, 1.807) is 28.4 Å². The fraction of sp³-hybridized carbons (Fsp3) is 0.450. The molecule has 1 unspecified atom stereocenters. The second kappa shape index (κ2) is 15.0. The minimum atomic E-state index is -0.179. The maximum atomic E-state index is 6.43. The average molecular weight is 655 g/mol. The Hall–Kier alpha value is -4.14. The van der Waals surface area contributed by atoms with E-state index >= 15 is 0 Å². The van der Waals surface area contributed by atoms with Crippen LogP contribution in [-0.4, -0.2) is 47.1 Å². The summed E-state index contributed by atoms with van der Waals surface area (Å²) in [6.07, 6.45) is 11.5. The van der Waals surface area contributed by atoms with E-state index < -0.39 is 0 Å². The Kier molecular flexibility index (Phi) is 10.5. The molecule has 2 saturated carbocycles. The topological polar surface area (TPSA) is 79.4 Å². The average Bonchev–Trinajstić information content (AvgIpc) is 4.04. The zero-order chi connectivity index (χ0) is 33.7. The summed E-state index contributed by atoms with van der Waals surface area (Å²) in [4.78, 5) is 0. The largest absolute Gasteiger partial charge is 0.496 e. The maximum absolute atomic E-state index is 6.43. The van der Waals surface area contributed by atoms with E-state index in [0.29, 0.717) is 44.1 Å². The lowest BCUT2D eigenvalue weighted by Gasteiger charge is -2.37. The highest BCUT2D eigenvalue weighted by molar-refractivity contribution is 5.73. The van der Waals surface area contributed by atoms with Crippen LogP contribution < -0.4 is 39.1 Å². The summed E-state index contributed by atoms with van der Waals surface area (Å²) >= 11 is 0. The number of hydrogen-bond acceptors (Lipinski definition) is 8. The molecule has 0 amide bonds. The van der Waals surface area contributed by atoms with Crippen LogP contribution in [0.25, 0.3) is 5.57 Å². The molecule has 2 fully saturated rings. The van der Waals surface area contributed by atoms with E-state index in [2.05, 4.69) is 67.0 Å².